The van der Waals surface area contributed by atoms with Gasteiger partial charge in [-0.1, -0.05) is 28.1 Å². The number of ether oxygens (including phenoxy) is 2. The van der Waals surface area contributed by atoms with Crippen LogP contribution in [-0.4, -0.2) is 40.5 Å². The van der Waals surface area contributed by atoms with Crippen LogP contribution in [0.1, 0.15) is 24.3 Å². The van der Waals surface area contributed by atoms with Gasteiger partial charge in [-0.15, -0.1) is 0 Å². The summed E-state index contributed by atoms with van der Waals surface area (Å²) in [7, 11) is 3.48. The van der Waals surface area contributed by atoms with Crippen LogP contribution in [0.2, 0.25) is 0 Å². The summed E-state index contributed by atoms with van der Waals surface area (Å²) < 4.78 is 11.3. The molecule has 0 aliphatic carbocycles. The first-order valence-electron chi connectivity index (χ1n) is 6.72. The zero-order chi connectivity index (χ0) is 13.9. The van der Waals surface area contributed by atoms with Gasteiger partial charge < -0.3 is 14.8 Å². The minimum absolute atomic E-state index is 0.528. The number of rotatable bonds is 10. The van der Waals surface area contributed by atoms with Crippen molar-refractivity contribution in [3.63, 3.8) is 0 Å². The van der Waals surface area contributed by atoms with E-state index < -0.39 is 0 Å². The Balaban J connectivity index is 2.49. The molecule has 1 N–H and O–H groups in total. The molecule has 4 heteroatoms. The molecule has 19 heavy (non-hydrogen) atoms. The van der Waals surface area contributed by atoms with Gasteiger partial charge in [-0.05, 0) is 36.5 Å². The molecule has 0 aliphatic rings. The summed E-state index contributed by atoms with van der Waals surface area (Å²) in [6.07, 6.45) is 2.22. The number of methoxy groups -OCH3 is 2. The lowest BCUT2D eigenvalue weighted by Gasteiger charge is -2.18. The van der Waals surface area contributed by atoms with Crippen LogP contribution < -0.4 is 5.32 Å². The SMILES string of the molecule is COCCCC(CNCCOC)c1ccc(Br)cc1. The van der Waals surface area contributed by atoms with Crippen molar-refractivity contribution in [2.75, 3.05) is 40.5 Å². The van der Waals surface area contributed by atoms with E-state index in [4.69, 9.17) is 9.47 Å². The second-order valence-electron chi connectivity index (χ2n) is 4.58. The van der Waals surface area contributed by atoms with Crippen LogP contribution in [0.3, 0.4) is 0 Å². The molecule has 1 unspecified atom stereocenters. The lowest BCUT2D eigenvalue weighted by molar-refractivity contribution is 0.188. The summed E-state index contributed by atoms with van der Waals surface area (Å²) in [6, 6.07) is 8.60. The maximum atomic E-state index is 5.14. The van der Waals surface area contributed by atoms with Crippen molar-refractivity contribution < 1.29 is 9.47 Å². The highest BCUT2D eigenvalue weighted by Gasteiger charge is 2.10. The highest BCUT2D eigenvalue weighted by atomic mass is 79.9. The lowest BCUT2D eigenvalue weighted by Crippen LogP contribution is -2.25. The van der Waals surface area contributed by atoms with Crippen LogP contribution >= 0.6 is 15.9 Å². The van der Waals surface area contributed by atoms with E-state index in [1.807, 2.05) is 0 Å². The normalized spacial score (nSPS) is 12.6. The van der Waals surface area contributed by atoms with Crippen molar-refractivity contribution >= 4 is 15.9 Å². The Bertz CT molecular complexity index is 329. The molecule has 0 fully saturated rings. The Morgan fingerprint density at radius 1 is 1.11 bits per heavy atom. The monoisotopic (exact) mass is 329 g/mol. The third kappa shape index (κ3) is 7.06. The molecule has 0 amide bonds. The van der Waals surface area contributed by atoms with Gasteiger partial charge in [-0.25, -0.2) is 0 Å². The maximum absolute atomic E-state index is 5.14. The molecule has 0 spiro atoms. The van der Waals surface area contributed by atoms with E-state index in [1.54, 1.807) is 14.2 Å². The van der Waals surface area contributed by atoms with Crippen LogP contribution in [0, 0.1) is 0 Å². The number of hydrogen-bond acceptors (Lipinski definition) is 3. The van der Waals surface area contributed by atoms with Gasteiger partial charge in [-0.3, -0.25) is 0 Å². The number of halogens is 1. The molecule has 0 bridgehead atoms. The van der Waals surface area contributed by atoms with Gasteiger partial charge in [0.2, 0.25) is 0 Å². The topological polar surface area (TPSA) is 30.5 Å². The van der Waals surface area contributed by atoms with Gasteiger partial charge in [0.1, 0.15) is 0 Å². The Morgan fingerprint density at radius 3 is 2.42 bits per heavy atom. The Kier molecular flexibility index (Phi) is 9.08. The Morgan fingerprint density at radius 2 is 1.79 bits per heavy atom. The minimum Gasteiger partial charge on any atom is -0.385 e. The molecule has 0 aromatic heterocycles. The van der Waals surface area contributed by atoms with Gasteiger partial charge in [0.05, 0.1) is 6.61 Å². The van der Waals surface area contributed by atoms with Crippen molar-refractivity contribution in [1.82, 2.24) is 5.32 Å². The predicted molar refractivity (Wildman–Crippen MR) is 82.7 cm³/mol. The number of nitrogens with one attached hydrogen (secondary N) is 1. The number of benzene rings is 1. The van der Waals surface area contributed by atoms with E-state index in [0.29, 0.717) is 5.92 Å². The van der Waals surface area contributed by atoms with Gasteiger partial charge >= 0.3 is 0 Å². The smallest absolute Gasteiger partial charge is 0.0587 e. The molecular formula is C15H24BrNO2. The van der Waals surface area contributed by atoms with E-state index in [2.05, 4.69) is 45.5 Å². The highest BCUT2D eigenvalue weighted by molar-refractivity contribution is 9.10. The van der Waals surface area contributed by atoms with Crippen LogP contribution in [-0.2, 0) is 9.47 Å². The summed E-state index contributed by atoms with van der Waals surface area (Å²) in [5.74, 6) is 0.528. The van der Waals surface area contributed by atoms with Crippen LogP contribution in [0.5, 0.6) is 0 Å². The molecule has 108 valence electrons. The fourth-order valence-electron chi connectivity index (χ4n) is 2.05. The first-order chi connectivity index (χ1) is 9.27. The fourth-order valence-corrected chi connectivity index (χ4v) is 2.31. The first kappa shape index (κ1) is 16.6. The highest BCUT2D eigenvalue weighted by Crippen LogP contribution is 2.22. The van der Waals surface area contributed by atoms with Crippen molar-refractivity contribution in [3.8, 4) is 0 Å². The summed E-state index contributed by atoms with van der Waals surface area (Å²) in [6.45, 7) is 3.46. The molecule has 0 heterocycles. The second-order valence-corrected chi connectivity index (χ2v) is 5.50. The Hall–Kier alpha value is -0.420. The van der Waals surface area contributed by atoms with Gasteiger partial charge in [0.15, 0.2) is 0 Å². The van der Waals surface area contributed by atoms with Crippen LogP contribution in [0.25, 0.3) is 0 Å². The summed E-state index contributed by atoms with van der Waals surface area (Å²) in [5, 5.41) is 3.45. The molecule has 3 nitrogen and oxygen atoms in total. The van der Waals surface area contributed by atoms with Gasteiger partial charge in [0.25, 0.3) is 0 Å². The zero-order valence-electron chi connectivity index (χ0n) is 11.8. The van der Waals surface area contributed by atoms with Crippen molar-refractivity contribution in [3.05, 3.63) is 34.3 Å². The maximum Gasteiger partial charge on any atom is 0.0587 e. The average molecular weight is 330 g/mol. The molecule has 1 atom stereocenters. The molecule has 0 aliphatic heterocycles. The third-order valence-electron chi connectivity index (χ3n) is 3.12. The third-order valence-corrected chi connectivity index (χ3v) is 3.64. The lowest BCUT2D eigenvalue weighted by atomic mass is 9.94. The quantitative estimate of drug-likeness (QED) is 0.669. The second kappa shape index (κ2) is 10.4. The van der Waals surface area contributed by atoms with E-state index in [1.165, 1.54) is 5.56 Å². The summed E-state index contributed by atoms with van der Waals surface area (Å²) in [5.41, 5.74) is 1.38. The Labute approximate surface area is 124 Å². The summed E-state index contributed by atoms with van der Waals surface area (Å²) in [4.78, 5) is 0. The average Bonchev–Trinajstić information content (AvgIpc) is 2.43. The minimum atomic E-state index is 0.528. The fraction of sp³-hybridized carbons (Fsp3) is 0.600. The first-order valence-corrected chi connectivity index (χ1v) is 7.51. The van der Waals surface area contributed by atoms with Crippen LogP contribution in [0.4, 0.5) is 0 Å². The van der Waals surface area contributed by atoms with Crippen molar-refractivity contribution in [2.45, 2.75) is 18.8 Å². The summed E-state index contributed by atoms with van der Waals surface area (Å²) >= 11 is 3.48. The van der Waals surface area contributed by atoms with E-state index in [0.717, 1.165) is 43.6 Å². The number of hydrogen-bond donors (Lipinski definition) is 1. The molecular weight excluding hydrogens is 306 g/mol. The standard InChI is InChI=1S/C15H24BrNO2/c1-18-10-3-4-14(12-17-9-11-19-2)13-5-7-15(16)8-6-13/h5-8,14,17H,3-4,9-12H2,1-2H3. The van der Waals surface area contributed by atoms with E-state index in [9.17, 15) is 0 Å². The molecule has 0 radical (unpaired) electrons. The van der Waals surface area contributed by atoms with Gasteiger partial charge in [0, 0.05) is 38.4 Å². The molecule has 0 saturated heterocycles. The largest absolute Gasteiger partial charge is 0.385 e. The van der Waals surface area contributed by atoms with E-state index >= 15 is 0 Å². The van der Waals surface area contributed by atoms with Crippen molar-refractivity contribution in [2.24, 2.45) is 0 Å². The van der Waals surface area contributed by atoms with Crippen LogP contribution in [0.15, 0.2) is 28.7 Å². The zero-order valence-corrected chi connectivity index (χ0v) is 13.4. The molecule has 1 aromatic rings. The molecule has 1 rings (SSSR count). The molecule has 0 saturated carbocycles. The predicted octanol–water partition coefficient (Wildman–Crippen LogP) is 3.20. The van der Waals surface area contributed by atoms with Gasteiger partial charge in [-0.2, -0.15) is 0 Å². The van der Waals surface area contributed by atoms with E-state index in [-0.39, 0.29) is 0 Å². The van der Waals surface area contributed by atoms with Crippen molar-refractivity contribution in [1.29, 1.82) is 0 Å². The molecule has 1 aromatic carbocycles.